The zero-order valence-corrected chi connectivity index (χ0v) is 11.0. The Labute approximate surface area is 99.5 Å². The van der Waals surface area contributed by atoms with Crippen LogP contribution in [0.25, 0.3) is 0 Å². The first-order chi connectivity index (χ1) is 7.47. The minimum Gasteiger partial charge on any atom is -0.298 e. The van der Waals surface area contributed by atoms with E-state index >= 15 is 0 Å². The average Bonchev–Trinajstić information content (AvgIpc) is 2.65. The standard InChI is InChI=1S/C15H23N/c1-12-6-5-7-13(10-12)14-8-9-16(11-14)15(2,3)4/h5-7,10,14H,8-9,11H2,1-4H3. The summed E-state index contributed by atoms with van der Waals surface area (Å²) < 4.78 is 0. The fourth-order valence-corrected chi connectivity index (χ4v) is 2.57. The zero-order valence-electron chi connectivity index (χ0n) is 11.0. The molecule has 1 fully saturated rings. The van der Waals surface area contributed by atoms with Crippen molar-refractivity contribution >= 4 is 0 Å². The summed E-state index contributed by atoms with van der Waals surface area (Å²) >= 11 is 0. The lowest BCUT2D eigenvalue weighted by Gasteiger charge is -2.31. The summed E-state index contributed by atoms with van der Waals surface area (Å²) in [6.07, 6.45) is 1.31. The third-order valence-corrected chi connectivity index (χ3v) is 3.65. The highest BCUT2D eigenvalue weighted by Crippen LogP contribution is 2.31. The van der Waals surface area contributed by atoms with E-state index in [2.05, 4.69) is 56.9 Å². The average molecular weight is 217 g/mol. The highest BCUT2D eigenvalue weighted by Gasteiger charge is 2.30. The van der Waals surface area contributed by atoms with E-state index in [1.807, 2.05) is 0 Å². The van der Waals surface area contributed by atoms with Gasteiger partial charge in [0.05, 0.1) is 0 Å². The monoisotopic (exact) mass is 217 g/mol. The van der Waals surface area contributed by atoms with Gasteiger partial charge in [-0.05, 0) is 52.1 Å². The lowest BCUT2D eigenvalue weighted by Crippen LogP contribution is -2.39. The van der Waals surface area contributed by atoms with Gasteiger partial charge in [-0.1, -0.05) is 29.8 Å². The third kappa shape index (κ3) is 2.46. The Morgan fingerprint density at radius 2 is 2.00 bits per heavy atom. The van der Waals surface area contributed by atoms with Gasteiger partial charge in [0.25, 0.3) is 0 Å². The maximum atomic E-state index is 2.60. The molecule has 1 nitrogen and oxygen atoms in total. The normalized spacial score (nSPS) is 22.6. The van der Waals surface area contributed by atoms with Crippen LogP contribution in [0.3, 0.4) is 0 Å². The van der Waals surface area contributed by atoms with Crippen molar-refractivity contribution in [1.82, 2.24) is 4.90 Å². The fourth-order valence-electron chi connectivity index (χ4n) is 2.57. The molecule has 0 N–H and O–H groups in total. The Balaban J connectivity index is 2.09. The van der Waals surface area contributed by atoms with Crippen molar-refractivity contribution in [2.24, 2.45) is 0 Å². The highest BCUT2D eigenvalue weighted by atomic mass is 15.2. The van der Waals surface area contributed by atoms with Gasteiger partial charge in [-0.25, -0.2) is 0 Å². The largest absolute Gasteiger partial charge is 0.298 e. The number of nitrogens with zero attached hydrogens (tertiary/aromatic N) is 1. The Morgan fingerprint density at radius 3 is 2.56 bits per heavy atom. The second-order valence-electron chi connectivity index (χ2n) is 6.02. The molecule has 0 amide bonds. The molecule has 1 heteroatoms. The van der Waals surface area contributed by atoms with E-state index in [-0.39, 0.29) is 0 Å². The molecule has 1 aromatic carbocycles. The molecule has 1 aliphatic heterocycles. The van der Waals surface area contributed by atoms with Crippen LogP contribution in [-0.4, -0.2) is 23.5 Å². The Hall–Kier alpha value is -0.820. The van der Waals surface area contributed by atoms with Crippen molar-refractivity contribution in [3.8, 4) is 0 Å². The molecule has 1 aromatic rings. The van der Waals surface area contributed by atoms with Crippen LogP contribution in [0.5, 0.6) is 0 Å². The fraction of sp³-hybridized carbons (Fsp3) is 0.600. The predicted octanol–water partition coefficient (Wildman–Crippen LogP) is 3.58. The van der Waals surface area contributed by atoms with Crippen LogP contribution >= 0.6 is 0 Å². The Bertz CT molecular complexity index is 362. The summed E-state index contributed by atoms with van der Waals surface area (Å²) in [5, 5.41) is 0. The second kappa shape index (κ2) is 4.21. The molecule has 0 aliphatic carbocycles. The molecule has 1 aliphatic rings. The predicted molar refractivity (Wildman–Crippen MR) is 69.9 cm³/mol. The van der Waals surface area contributed by atoms with E-state index in [9.17, 15) is 0 Å². The van der Waals surface area contributed by atoms with E-state index in [1.54, 1.807) is 0 Å². The molecule has 0 radical (unpaired) electrons. The van der Waals surface area contributed by atoms with E-state index < -0.39 is 0 Å². The molecule has 0 aromatic heterocycles. The minimum absolute atomic E-state index is 0.318. The first-order valence-electron chi connectivity index (χ1n) is 6.28. The van der Waals surface area contributed by atoms with Gasteiger partial charge in [0.1, 0.15) is 0 Å². The summed E-state index contributed by atoms with van der Waals surface area (Å²) in [7, 11) is 0. The number of benzene rings is 1. The molecule has 0 spiro atoms. The lowest BCUT2D eigenvalue weighted by atomic mass is 9.97. The molecule has 0 bridgehead atoms. The molecular formula is C15H23N. The van der Waals surface area contributed by atoms with Gasteiger partial charge < -0.3 is 0 Å². The summed E-state index contributed by atoms with van der Waals surface area (Å²) in [6.45, 7) is 11.6. The van der Waals surface area contributed by atoms with Gasteiger partial charge in [-0.15, -0.1) is 0 Å². The molecule has 1 saturated heterocycles. The lowest BCUT2D eigenvalue weighted by molar-refractivity contribution is 0.173. The Kier molecular flexibility index (Phi) is 3.07. The second-order valence-corrected chi connectivity index (χ2v) is 6.02. The minimum atomic E-state index is 0.318. The molecule has 1 unspecified atom stereocenters. The molecule has 2 rings (SSSR count). The topological polar surface area (TPSA) is 3.24 Å². The molecule has 0 saturated carbocycles. The Morgan fingerprint density at radius 1 is 1.25 bits per heavy atom. The van der Waals surface area contributed by atoms with Crippen LogP contribution in [0.1, 0.15) is 44.2 Å². The number of aryl methyl sites for hydroxylation is 1. The van der Waals surface area contributed by atoms with Crippen molar-refractivity contribution in [3.05, 3.63) is 35.4 Å². The van der Waals surface area contributed by atoms with Crippen LogP contribution < -0.4 is 0 Å². The first kappa shape index (κ1) is 11.7. The van der Waals surface area contributed by atoms with Gasteiger partial charge in [0, 0.05) is 12.1 Å². The number of hydrogen-bond donors (Lipinski definition) is 0. The maximum Gasteiger partial charge on any atom is 0.0125 e. The van der Waals surface area contributed by atoms with Crippen LogP contribution in [0.4, 0.5) is 0 Å². The molecule has 88 valence electrons. The van der Waals surface area contributed by atoms with E-state index in [0.717, 1.165) is 5.92 Å². The highest BCUT2D eigenvalue weighted by molar-refractivity contribution is 5.26. The zero-order chi connectivity index (χ0) is 11.8. The van der Waals surface area contributed by atoms with Gasteiger partial charge in [0.15, 0.2) is 0 Å². The van der Waals surface area contributed by atoms with Crippen LogP contribution in [0, 0.1) is 6.92 Å². The van der Waals surface area contributed by atoms with Crippen molar-refractivity contribution in [2.75, 3.05) is 13.1 Å². The van der Waals surface area contributed by atoms with Crippen LogP contribution in [0.15, 0.2) is 24.3 Å². The van der Waals surface area contributed by atoms with E-state index in [4.69, 9.17) is 0 Å². The van der Waals surface area contributed by atoms with Gasteiger partial charge in [0.2, 0.25) is 0 Å². The molecule has 1 atom stereocenters. The van der Waals surface area contributed by atoms with Gasteiger partial charge in [-0.2, -0.15) is 0 Å². The first-order valence-corrected chi connectivity index (χ1v) is 6.28. The van der Waals surface area contributed by atoms with Crippen LogP contribution in [0.2, 0.25) is 0 Å². The quantitative estimate of drug-likeness (QED) is 0.695. The van der Waals surface area contributed by atoms with Crippen molar-refractivity contribution in [1.29, 1.82) is 0 Å². The van der Waals surface area contributed by atoms with Gasteiger partial charge >= 0.3 is 0 Å². The summed E-state index contributed by atoms with van der Waals surface area (Å²) in [5.41, 5.74) is 3.22. The third-order valence-electron chi connectivity index (χ3n) is 3.65. The molecule has 1 heterocycles. The number of likely N-dealkylation sites (tertiary alicyclic amines) is 1. The maximum absolute atomic E-state index is 2.60. The SMILES string of the molecule is Cc1cccc(C2CCN(C(C)(C)C)C2)c1. The summed E-state index contributed by atoms with van der Waals surface area (Å²) in [6, 6.07) is 8.99. The van der Waals surface area contributed by atoms with E-state index in [0.29, 0.717) is 5.54 Å². The van der Waals surface area contributed by atoms with E-state index in [1.165, 1.54) is 30.6 Å². The van der Waals surface area contributed by atoms with Crippen molar-refractivity contribution < 1.29 is 0 Å². The number of rotatable bonds is 1. The smallest absolute Gasteiger partial charge is 0.0125 e. The van der Waals surface area contributed by atoms with Crippen LogP contribution in [-0.2, 0) is 0 Å². The van der Waals surface area contributed by atoms with Gasteiger partial charge in [-0.3, -0.25) is 4.90 Å². The molecule has 16 heavy (non-hydrogen) atoms. The summed E-state index contributed by atoms with van der Waals surface area (Å²) in [4.78, 5) is 2.60. The van der Waals surface area contributed by atoms with Crippen molar-refractivity contribution in [3.63, 3.8) is 0 Å². The summed E-state index contributed by atoms with van der Waals surface area (Å²) in [5.74, 6) is 0.735. The van der Waals surface area contributed by atoms with Crippen molar-refractivity contribution in [2.45, 2.75) is 45.6 Å². The number of hydrogen-bond acceptors (Lipinski definition) is 1. The molecular weight excluding hydrogens is 194 g/mol.